The normalized spacial score (nSPS) is 17.6. The number of hydrogen-bond donors (Lipinski definition) is 1. The average Bonchev–Trinajstić information content (AvgIpc) is 2.92. The number of rotatable bonds is 7. The molecule has 1 aromatic rings. The van der Waals surface area contributed by atoms with Gasteiger partial charge in [-0.2, -0.15) is 11.8 Å². The standard InChI is InChI=1S/C16H23ClFNS/c1-2-19-14(11-20-15-5-3-4-6-15)9-12-7-8-13(17)10-16(12)18/h7-8,10,14-15,19H,2-6,9,11H2,1H3. The van der Waals surface area contributed by atoms with Gasteiger partial charge in [0.25, 0.3) is 0 Å². The van der Waals surface area contributed by atoms with Crippen LogP contribution in [0.2, 0.25) is 5.02 Å². The summed E-state index contributed by atoms with van der Waals surface area (Å²) in [5.74, 6) is 0.867. The molecule has 1 fully saturated rings. The van der Waals surface area contributed by atoms with E-state index in [0.29, 0.717) is 11.1 Å². The molecule has 0 spiro atoms. The summed E-state index contributed by atoms with van der Waals surface area (Å²) in [6.45, 7) is 3.02. The molecule has 2 rings (SSSR count). The number of nitrogens with one attached hydrogen (secondary N) is 1. The van der Waals surface area contributed by atoms with Crippen LogP contribution in [0.3, 0.4) is 0 Å². The lowest BCUT2D eigenvalue weighted by atomic mass is 10.1. The van der Waals surface area contributed by atoms with Crippen LogP contribution in [0, 0.1) is 5.82 Å². The van der Waals surface area contributed by atoms with Gasteiger partial charge in [0.1, 0.15) is 5.82 Å². The van der Waals surface area contributed by atoms with Crippen LogP contribution < -0.4 is 5.32 Å². The summed E-state index contributed by atoms with van der Waals surface area (Å²) in [5, 5.41) is 4.75. The van der Waals surface area contributed by atoms with E-state index in [4.69, 9.17) is 11.6 Å². The van der Waals surface area contributed by atoms with Crippen molar-refractivity contribution in [2.45, 2.75) is 50.3 Å². The zero-order valence-electron chi connectivity index (χ0n) is 12.0. The number of halogens is 2. The van der Waals surface area contributed by atoms with E-state index >= 15 is 0 Å². The molecule has 1 aromatic carbocycles. The molecule has 1 nitrogen and oxygen atoms in total. The van der Waals surface area contributed by atoms with E-state index in [1.807, 2.05) is 17.8 Å². The molecule has 0 heterocycles. The van der Waals surface area contributed by atoms with Crippen molar-refractivity contribution in [1.29, 1.82) is 0 Å². The van der Waals surface area contributed by atoms with E-state index in [0.717, 1.165) is 29.5 Å². The van der Waals surface area contributed by atoms with E-state index in [2.05, 4.69) is 12.2 Å². The highest BCUT2D eigenvalue weighted by Crippen LogP contribution is 2.30. The van der Waals surface area contributed by atoms with Crippen molar-refractivity contribution in [3.8, 4) is 0 Å². The number of likely N-dealkylation sites (N-methyl/N-ethyl adjacent to an activating group) is 1. The van der Waals surface area contributed by atoms with Crippen molar-refractivity contribution in [1.82, 2.24) is 5.32 Å². The van der Waals surface area contributed by atoms with Gasteiger partial charge in [-0.1, -0.05) is 37.4 Å². The maximum absolute atomic E-state index is 13.9. The molecular weight excluding hydrogens is 293 g/mol. The average molecular weight is 316 g/mol. The van der Waals surface area contributed by atoms with Crippen molar-refractivity contribution in [3.05, 3.63) is 34.6 Å². The lowest BCUT2D eigenvalue weighted by Gasteiger charge is -2.20. The molecule has 0 aliphatic heterocycles. The van der Waals surface area contributed by atoms with Crippen LogP contribution in [0.5, 0.6) is 0 Å². The summed E-state index contributed by atoms with van der Waals surface area (Å²) in [6, 6.07) is 5.32. The van der Waals surface area contributed by atoms with Crippen LogP contribution in [-0.2, 0) is 6.42 Å². The van der Waals surface area contributed by atoms with E-state index in [1.165, 1.54) is 31.7 Å². The Morgan fingerprint density at radius 2 is 2.15 bits per heavy atom. The first kappa shape index (κ1) is 16.1. The molecular formula is C16H23ClFNS. The molecule has 1 aliphatic carbocycles. The van der Waals surface area contributed by atoms with Crippen LogP contribution in [0.15, 0.2) is 18.2 Å². The second-order valence-electron chi connectivity index (χ2n) is 5.43. The molecule has 0 radical (unpaired) electrons. The van der Waals surface area contributed by atoms with Gasteiger partial charge in [0.05, 0.1) is 0 Å². The smallest absolute Gasteiger partial charge is 0.127 e. The van der Waals surface area contributed by atoms with Crippen molar-refractivity contribution in [2.75, 3.05) is 12.3 Å². The van der Waals surface area contributed by atoms with Gasteiger partial charge in [-0.25, -0.2) is 4.39 Å². The fourth-order valence-electron chi connectivity index (χ4n) is 2.74. The largest absolute Gasteiger partial charge is 0.313 e. The number of thioether (sulfide) groups is 1. The minimum atomic E-state index is -0.189. The third-order valence-corrected chi connectivity index (χ3v) is 5.58. The van der Waals surface area contributed by atoms with Crippen LogP contribution in [0.1, 0.15) is 38.2 Å². The van der Waals surface area contributed by atoms with Crippen LogP contribution in [-0.4, -0.2) is 23.6 Å². The molecule has 1 atom stereocenters. The quantitative estimate of drug-likeness (QED) is 0.784. The Hall–Kier alpha value is -0.250. The van der Waals surface area contributed by atoms with E-state index < -0.39 is 0 Å². The first-order chi connectivity index (χ1) is 9.69. The van der Waals surface area contributed by atoms with Gasteiger partial charge in [0, 0.05) is 22.1 Å². The minimum Gasteiger partial charge on any atom is -0.313 e. The summed E-state index contributed by atoms with van der Waals surface area (Å²) in [4.78, 5) is 0. The predicted molar refractivity (Wildman–Crippen MR) is 87.3 cm³/mol. The van der Waals surface area contributed by atoms with Gasteiger partial charge in [0.2, 0.25) is 0 Å². The maximum Gasteiger partial charge on any atom is 0.127 e. The molecule has 1 N–H and O–H groups in total. The lowest BCUT2D eigenvalue weighted by molar-refractivity contribution is 0.545. The second kappa shape index (κ2) is 8.26. The summed E-state index contributed by atoms with van der Waals surface area (Å²) in [6.07, 6.45) is 6.17. The first-order valence-corrected chi connectivity index (χ1v) is 8.90. The minimum absolute atomic E-state index is 0.189. The number of hydrogen-bond acceptors (Lipinski definition) is 2. The molecule has 0 saturated heterocycles. The van der Waals surface area contributed by atoms with Gasteiger partial charge >= 0.3 is 0 Å². The molecule has 1 aliphatic rings. The van der Waals surface area contributed by atoms with Gasteiger partial charge < -0.3 is 5.32 Å². The molecule has 1 unspecified atom stereocenters. The Bertz CT molecular complexity index is 421. The van der Waals surface area contributed by atoms with Crippen LogP contribution in [0.25, 0.3) is 0 Å². The first-order valence-electron chi connectivity index (χ1n) is 7.48. The number of benzene rings is 1. The SMILES string of the molecule is CCNC(CSC1CCCC1)Cc1ccc(Cl)cc1F. The molecule has 0 aromatic heterocycles. The molecule has 0 amide bonds. The Morgan fingerprint density at radius 1 is 1.40 bits per heavy atom. The Morgan fingerprint density at radius 3 is 2.80 bits per heavy atom. The Labute approximate surface area is 130 Å². The van der Waals surface area contributed by atoms with Gasteiger partial charge in [-0.05, 0) is 43.5 Å². The summed E-state index contributed by atoms with van der Waals surface area (Å²) in [7, 11) is 0. The van der Waals surface area contributed by atoms with Crippen molar-refractivity contribution in [3.63, 3.8) is 0 Å². The molecule has 4 heteroatoms. The summed E-state index contributed by atoms with van der Waals surface area (Å²) >= 11 is 7.85. The zero-order valence-corrected chi connectivity index (χ0v) is 13.6. The van der Waals surface area contributed by atoms with Gasteiger partial charge in [-0.3, -0.25) is 0 Å². The molecule has 0 bridgehead atoms. The monoisotopic (exact) mass is 315 g/mol. The Kier molecular flexibility index (Phi) is 6.66. The molecule has 20 heavy (non-hydrogen) atoms. The third-order valence-electron chi connectivity index (χ3n) is 3.81. The van der Waals surface area contributed by atoms with Crippen LogP contribution >= 0.6 is 23.4 Å². The topological polar surface area (TPSA) is 12.0 Å². The fourth-order valence-corrected chi connectivity index (χ4v) is 4.30. The molecule has 112 valence electrons. The highest BCUT2D eigenvalue weighted by atomic mass is 35.5. The van der Waals surface area contributed by atoms with E-state index in [9.17, 15) is 4.39 Å². The fraction of sp³-hybridized carbons (Fsp3) is 0.625. The second-order valence-corrected chi connectivity index (χ2v) is 7.20. The van der Waals surface area contributed by atoms with Crippen molar-refractivity contribution < 1.29 is 4.39 Å². The summed E-state index contributed by atoms with van der Waals surface area (Å²) < 4.78 is 13.9. The molecule has 1 saturated carbocycles. The van der Waals surface area contributed by atoms with E-state index in [1.54, 1.807) is 6.07 Å². The maximum atomic E-state index is 13.9. The summed E-state index contributed by atoms with van der Waals surface area (Å²) in [5.41, 5.74) is 0.757. The van der Waals surface area contributed by atoms with E-state index in [-0.39, 0.29) is 5.82 Å². The highest BCUT2D eigenvalue weighted by Gasteiger charge is 2.18. The lowest BCUT2D eigenvalue weighted by Crippen LogP contribution is -2.34. The van der Waals surface area contributed by atoms with Crippen LogP contribution in [0.4, 0.5) is 4.39 Å². The third kappa shape index (κ3) is 4.94. The van der Waals surface area contributed by atoms with Crippen molar-refractivity contribution in [2.24, 2.45) is 0 Å². The van der Waals surface area contributed by atoms with Gasteiger partial charge in [-0.15, -0.1) is 0 Å². The predicted octanol–water partition coefficient (Wildman–Crippen LogP) is 4.68. The zero-order chi connectivity index (χ0) is 14.4. The Balaban J connectivity index is 1.90. The van der Waals surface area contributed by atoms with Gasteiger partial charge in [0.15, 0.2) is 0 Å². The van der Waals surface area contributed by atoms with Crippen molar-refractivity contribution >= 4 is 23.4 Å². The highest BCUT2D eigenvalue weighted by molar-refractivity contribution is 7.99.